The van der Waals surface area contributed by atoms with Crippen molar-refractivity contribution >= 4 is 34.5 Å². The van der Waals surface area contributed by atoms with Crippen molar-refractivity contribution in [2.24, 2.45) is 0 Å². The summed E-state index contributed by atoms with van der Waals surface area (Å²) in [4.78, 5) is 53.3. The lowest BCUT2D eigenvalue weighted by Crippen LogP contribution is -2.29. The van der Waals surface area contributed by atoms with Crippen LogP contribution < -0.4 is 16.2 Å². The zero-order valence-electron chi connectivity index (χ0n) is 22.2. The minimum atomic E-state index is -0.654. The number of amides is 2. The van der Waals surface area contributed by atoms with Crippen LogP contribution in [0.15, 0.2) is 59.7 Å². The van der Waals surface area contributed by atoms with Crippen LogP contribution in [0.1, 0.15) is 39.9 Å². The first-order valence-electron chi connectivity index (χ1n) is 12.8. The molecule has 2 amide bonds. The van der Waals surface area contributed by atoms with Crippen LogP contribution in [0.5, 0.6) is 0 Å². The fraction of sp³-hybridized carbons (Fsp3) is 0.276. The van der Waals surface area contributed by atoms with Gasteiger partial charge in [-0.3, -0.25) is 19.2 Å². The summed E-state index contributed by atoms with van der Waals surface area (Å²) in [5.74, 6) is -0.116. The second-order valence-electron chi connectivity index (χ2n) is 9.63. The predicted molar refractivity (Wildman–Crippen MR) is 148 cm³/mol. The molecule has 2 aromatic carbocycles. The van der Waals surface area contributed by atoms with Crippen molar-refractivity contribution in [1.29, 1.82) is 0 Å². The van der Waals surface area contributed by atoms with Gasteiger partial charge in [0.15, 0.2) is 5.65 Å². The Bertz CT molecular complexity index is 1610. The van der Waals surface area contributed by atoms with Crippen molar-refractivity contribution in [3.63, 3.8) is 0 Å². The molecule has 1 aliphatic heterocycles. The van der Waals surface area contributed by atoms with Gasteiger partial charge in [0.25, 0.3) is 5.91 Å². The van der Waals surface area contributed by atoms with Gasteiger partial charge in [0.1, 0.15) is 5.56 Å². The number of anilines is 2. The number of nitrogens with zero attached hydrogens (tertiary/aromatic N) is 4. The van der Waals surface area contributed by atoms with Gasteiger partial charge in [-0.2, -0.15) is 4.98 Å². The molecule has 1 aliphatic rings. The van der Waals surface area contributed by atoms with E-state index in [9.17, 15) is 14.4 Å². The summed E-state index contributed by atoms with van der Waals surface area (Å²) in [6.45, 7) is 5.57. The topological polar surface area (TPSA) is 118 Å². The Labute approximate surface area is 225 Å². The number of hydroxylamine groups is 1. The molecule has 2 N–H and O–H groups in total. The Kier molecular flexibility index (Phi) is 7.38. The van der Waals surface area contributed by atoms with E-state index in [1.807, 2.05) is 61.2 Å². The van der Waals surface area contributed by atoms with Crippen LogP contribution in [0.3, 0.4) is 0 Å². The number of hydrogen-bond donors (Lipinski definition) is 2. The molecule has 1 saturated heterocycles. The van der Waals surface area contributed by atoms with Gasteiger partial charge in [-0.05, 0) is 67.6 Å². The lowest BCUT2D eigenvalue weighted by Gasteiger charge is -2.16. The molecule has 39 heavy (non-hydrogen) atoms. The van der Waals surface area contributed by atoms with Gasteiger partial charge >= 0.3 is 0 Å². The summed E-state index contributed by atoms with van der Waals surface area (Å²) >= 11 is 0. The lowest BCUT2D eigenvalue weighted by molar-refractivity contribution is -0.127. The number of rotatable bonds is 8. The van der Waals surface area contributed by atoms with Crippen molar-refractivity contribution in [3.8, 4) is 5.69 Å². The number of hydrogen-bond acceptors (Lipinski definition) is 7. The van der Waals surface area contributed by atoms with Gasteiger partial charge in [-0.15, -0.1) is 0 Å². The summed E-state index contributed by atoms with van der Waals surface area (Å²) in [7, 11) is 1.31. The molecule has 4 aromatic rings. The molecular formula is C29H30N6O4. The number of benzene rings is 2. The zero-order valence-corrected chi connectivity index (χ0v) is 22.2. The second kappa shape index (κ2) is 11.0. The first-order chi connectivity index (χ1) is 18.8. The average molecular weight is 527 g/mol. The highest BCUT2D eigenvalue weighted by Crippen LogP contribution is 2.22. The number of pyridine rings is 1. The molecule has 5 rings (SSSR count). The van der Waals surface area contributed by atoms with Crippen LogP contribution in [0.2, 0.25) is 0 Å². The van der Waals surface area contributed by atoms with Crippen LogP contribution >= 0.6 is 0 Å². The van der Waals surface area contributed by atoms with Crippen molar-refractivity contribution in [3.05, 3.63) is 87.3 Å². The van der Waals surface area contributed by atoms with E-state index in [1.165, 1.54) is 19.5 Å². The van der Waals surface area contributed by atoms with Gasteiger partial charge in [0.05, 0.1) is 12.5 Å². The summed E-state index contributed by atoms with van der Waals surface area (Å²) < 4.78 is 1.71. The molecule has 0 unspecified atom stereocenters. The molecule has 10 nitrogen and oxygen atoms in total. The zero-order chi connectivity index (χ0) is 27.5. The number of aryl methyl sites for hydroxylation is 2. The van der Waals surface area contributed by atoms with Gasteiger partial charge in [0, 0.05) is 43.3 Å². The van der Waals surface area contributed by atoms with Crippen molar-refractivity contribution in [1.82, 2.24) is 24.9 Å². The maximum Gasteiger partial charge on any atom is 0.280 e. The molecule has 0 bridgehead atoms. The van der Waals surface area contributed by atoms with Crippen LogP contribution in [0.25, 0.3) is 16.7 Å². The van der Waals surface area contributed by atoms with Crippen molar-refractivity contribution < 1.29 is 14.4 Å². The van der Waals surface area contributed by atoms with Gasteiger partial charge in [-0.1, -0.05) is 18.2 Å². The number of nitrogens with one attached hydrogen (secondary N) is 2. The Morgan fingerprint density at radius 3 is 2.56 bits per heavy atom. The van der Waals surface area contributed by atoms with E-state index in [4.69, 9.17) is 4.84 Å². The fourth-order valence-corrected chi connectivity index (χ4v) is 4.64. The van der Waals surface area contributed by atoms with Crippen molar-refractivity contribution in [2.75, 3.05) is 25.5 Å². The predicted octanol–water partition coefficient (Wildman–Crippen LogP) is 3.60. The Morgan fingerprint density at radius 1 is 1.08 bits per heavy atom. The van der Waals surface area contributed by atoms with E-state index >= 15 is 0 Å². The van der Waals surface area contributed by atoms with E-state index in [2.05, 4.69) is 20.8 Å². The first-order valence-corrected chi connectivity index (χ1v) is 12.8. The van der Waals surface area contributed by atoms with Gasteiger partial charge in [-0.25, -0.2) is 10.5 Å². The number of likely N-dealkylation sites (tertiary alicyclic amines) is 1. The Morgan fingerprint density at radius 2 is 1.87 bits per heavy atom. The highest BCUT2D eigenvalue weighted by atomic mass is 16.6. The molecule has 0 radical (unpaired) electrons. The van der Waals surface area contributed by atoms with Crippen LogP contribution in [-0.2, 0) is 16.1 Å². The number of carbonyl (C=O) groups is 2. The first kappa shape index (κ1) is 26.1. The normalized spacial score (nSPS) is 13.2. The number of carbonyl (C=O) groups excluding carboxylic acids is 2. The van der Waals surface area contributed by atoms with Crippen LogP contribution in [0.4, 0.5) is 11.6 Å². The van der Waals surface area contributed by atoms with E-state index in [0.717, 1.165) is 54.0 Å². The molecule has 3 heterocycles. The number of fused-ring (bicyclic) bond motifs is 1. The van der Waals surface area contributed by atoms with Gasteiger partial charge < -0.3 is 14.8 Å². The summed E-state index contributed by atoms with van der Waals surface area (Å²) in [5.41, 5.74) is 6.84. The quantitative estimate of drug-likeness (QED) is 0.337. The molecular weight excluding hydrogens is 496 g/mol. The summed E-state index contributed by atoms with van der Waals surface area (Å²) in [6, 6.07) is 13.7. The third kappa shape index (κ3) is 5.51. The summed E-state index contributed by atoms with van der Waals surface area (Å²) in [6.07, 6.45) is 5.27. The smallest absolute Gasteiger partial charge is 0.280 e. The molecule has 200 valence electrons. The average Bonchev–Trinajstić information content (AvgIpc) is 3.34. The van der Waals surface area contributed by atoms with Gasteiger partial charge in [0.2, 0.25) is 17.3 Å². The molecule has 0 atom stereocenters. The Hall–Kier alpha value is -4.57. The monoisotopic (exact) mass is 526 g/mol. The third-order valence-electron chi connectivity index (χ3n) is 7.00. The minimum Gasteiger partial charge on any atom is -0.342 e. The minimum absolute atomic E-state index is 0.0851. The molecule has 0 saturated carbocycles. The van der Waals surface area contributed by atoms with E-state index in [0.29, 0.717) is 18.0 Å². The largest absolute Gasteiger partial charge is 0.342 e. The fourth-order valence-electron chi connectivity index (χ4n) is 4.64. The second-order valence-corrected chi connectivity index (χ2v) is 9.63. The van der Waals surface area contributed by atoms with Crippen molar-refractivity contribution in [2.45, 2.75) is 33.1 Å². The standard InChI is InChI=1S/C29H30N6O4/c1-18-6-11-22(15-19(18)2)35-17-24(28(38)33-39-3)26(37)23-16-30-29(32-27(23)35)31-21-9-7-20(8-10-21)12-14-34-13-4-5-25(34)36/h6-11,15-17H,4-5,12-14H2,1-3H3,(H,33,38)(H,30,31,32). The lowest BCUT2D eigenvalue weighted by atomic mass is 10.1. The highest BCUT2D eigenvalue weighted by Gasteiger charge is 2.20. The third-order valence-corrected chi connectivity index (χ3v) is 7.00. The molecule has 0 aliphatic carbocycles. The van der Waals surface area contributed by atoms with E-state index in [-0.39, 0.29) is 16.9 Å². The maximum atomic E-state index is 13.2. The Balaban J connectivity index is 1.46. The maximum absolute atomic E-state index is 13.2. The highest BCUT2D eigenvalue weighted by molar-refractivity contribution is 5.96. The summed E-state index contributed by atoms with van der Waals surface area (Å²) in [5, 5.41) is 3.41. The number of aromatic nitrogens is 3. The SMILES string of the molecule is CONC(=O)c1cn(-c2ccc(C)c(C)c2)c2nc(Nc3ccc(CCN4CCCC4=O)cc3)ncc2c1=O. The molecule has 1 fully saturated rings. The van der Waals surface area contributed by atoms with E-state index < -0.39 is 11.3 Å². The molecule has 0 spiro atoms. The van der Waals surface area contributed by atoms with Crippen LogP contribution in [0, 0.1) is 13.8 Å². The molecule has 10 heteroatoms. The molecule has 2 aromatic heterocycles. The van der Waals surface area contributed by atoms with E-state index in [1.54, 1.807) is 4.57 Å². The van der Waals surface area contributed by atoms with Crippen LogP contribution in [-0.4, -0.2) is 51.4 Å².